The Morgan fingerprint density at radius 2 is 1.96 bits per heavy atom. The predicted molar refractivity (Wildman–Crippen MR) is 99.3 cm³/mol. The molecule has 6 heteroatoms. The van der Waals surface area contributed by atoms with Crippen molar-refractivity contribution in [3.05, 3.63) is 47.2 Å². The number of hydrogen-bond donors (Lipinski definition) is 1. The van der Waals surface area contributed by atoms with Crippen LogP contribution < -0.4 is 4.74 Å². The van der Waals surface area contributed by atoms with E-state index in [1.807, 2.05) is 13.1 Å². The Bertz CT molecular complexity index is 804. The number of aromatic nitrogens is 3. The molecule has 5 nitrogen and oxygen atoms in total. The minimum Gasteiger partial charge on any atom is -0.477 e. The van der Waals surface area contributed by atoms with Crippen molar-refractivity contribution in [1.29, 1.82) is 0 Å². The number of aryl methyl sites for hydroxylation is 2. The van der Waals surface area contributed by atoms with Crippen LogP contribution in [0.3, 0.4) is 0 Å². The van der Waals surface area contributed by atoms with Crippen LogP contribution in [0.1, 0.15) is 60.7 Å². The molecule has 2 aliphatic carbocycles. The standard InChI is InChI=1S/C21H26FN3O2/c1-13-3-4-19(24-10-13)17-9-15(17)12-27-20-18(11-23-14(2)25-20)21(22)7-5-16(26)6-8-21/h3-4,10-11,15-17,26H,5-9,12H2,1-2H3/t15-,16-,17+,21-/m1/s1. The van der Waals surface area contributed by atoms with Crippen LogP contribution in [0.25, 0.3) is 0 Å². The number of aliphatic hydroxyl groups excluding tert-OH is 1. The zero-order chi connectivity index (χ0) is 19.0. The SMILES string of the molecule is Cc1ccc([C@H]2C[C@@H]2COc2nc(C)ncc2[C@]2(F)CC[C@H](O)CC2)nc1. The van der Waals surface area contributed by atoms with Crippen molar-refractivity contribution in [2.45, 2.75) is 63.6 Å². The zero-order valence-electron chi connectivity index (χ0n) is 15.9. The van der Waals surface area contributed by atoms with Crippen molar-refractivity contribution < 1.29 is 14.2 Å². The molecule has 0 spiro atoms. The van der Waals surface area contributed by atoms with Crippen molar-refractivity contribution >= 4 is 0 Å². The molecule has 0 unspecified atom stereocenters. The molecule has 2 saturated carbocycles. The second-order valence-electron chi connectivity index (χ2n) is 8.01. The summed E-state index contributed by atoms with van der Waals surface area (Å²) in [5.41, 5.74) is 1.14. The monoisotopic (exact) mass is 371 g/mol. The van der Waals surface area contributed by atoms with Crippen LogP contribution in [0.15, 0.2) is 24.5 Å². The summed E-state index contributed by atoms with van der Waals surface area (Å²) in [6, 6.07) is 4.15. The first kappa shape index (κ1) is 18.3. The van der Waals surface area contributed by atoms with Gasteiger partial charge in [-0.25, -0.2) is 9.37 Å². The summed E-state index contributed by atoms with van der Waals surface area (Å²) in [5, 5.41) is 9.71. The van der Waals surface area contributed by atoms with Crippen molar-refractivity contribution in [1.82, 2.24) is 15.0 Å². The highest BCUT2D eigenvalue weighted by Crippen LogP contribution is 2.48. The van der Waals surface area contributed by atoms with E-state index in [0.717, 1.165) is 17.7 Å². The van der Waals surface area contributed by atoms with Gasteiger partial charge in [-0.2, -0.15) is 4.98 Å². The normalized spacial score (nSPS) is 30.1. The van der Waals surface area contributed by atoms with E-state index < -0.39 is 11.8 Å². The molecule has 27 heavy (non-hydrogen) atoms. The van der Waals surface area contributed by atoms with Gasteiger partial charge in [0.05, 0.1) is 18.3 Å². The molecule has 2 heterocycles. The van der Waals surface area contributed by atoms with E-state index in [0.29, 0.717) is 48.6 Å². The van der Waals surface area contributed by atoms with E-state index in [1.165, 1.54) is 0 Å². The largest absolute Gasteiger partial charge is 0.477 e. The summed E-state index contributed by atoms with van der Waals surface area (Å²) in [6.07, 6.45) is 5.51. The summed E-state index contributed by atoms with van der Waals surface area (Å²) < 4.78 is 21.5. The molecular weight excluding hydrogens is 345 g/mol. The van der Waals surface area contributed by atoms with Gasteiger partial charge in [0.1, 0.15) is 11.5 Å². The Balaban J connectivity index is 1.45. The topological polar surface area (TPSA) is 68.1 Å². The molecule has 4 rings (SSSR count). The maximum absolute atomic E-state index is 15.5. The summed E-state index contributed by atoms with van der Waals surface area (Å²) in [4.78, 5) is 13.1. The highest BCUT2D eigenvalue weighted by Gasteiger charge is 2.42. The predicted octanol–water partition coefficient (Wildman–Crippen LogP) is 3.77. The summed E-state index contributed by atoms with van der Waals surface area (Å²) in [5.74, 6) is 1.71. The van der Waals surface area contributed by atoms with Gasteiger partial charge in [-0.15, -0.1) is 0 Å². The summed E-state index contributed by atoms with van der Waals surface area (Å²) in [7, 11) is 0. The van der Waals surface area contributed by atoms with Crippen molar-refractivity contribution in [3.8, 4) is 5.88 Å². The van der Waals surface area contributed by atoms with Gasteiger partial charge >= 0.3 is 0 Å². The van der Waals surface area contributed by atoms with Gasteiger partial charge in [0.15, 0.2) is 0 Å². The fourth-order valence-electron chi connectivity index (χ4n) is 3.87. The Labute approximate surface area is 159 Å². The van der Waals surface area contributed by atoms with Crippen LogP contribution in [0, 0.1) is 19.8 Å². The zero-order valence-corrected chi connectivity index (χ0v) is 15.9. The lowest BCUT2D eigenvalue weighted by Gasteiger charge is -2.32. The van der Waals surface area contributed by atoms with Crippen LogP contribution in [0.4, 0.5) is 4.39 Å². The van der Waals surface area contributed by atoms with Gasteiger partial charge in [-0.3, -0.25) is 4.98 Å². The van der Waals surface area contributed by atoms with E-state index >= 15 is 4.39 Å². The van der Waals surface area contributed by atoms with Crippen molar-refractivity contribution in [2.75, 3.05) is 6.61 Å². The summed E-state index contributed by atoms with van der Waals surface area (Å²) in [6.45, 7) is 4.31. The minimum absolute atomic E-state index is 0.274. The van der Waals surface area contributed by atoms with Gasteiger partial charge < -0.3 is 9.84 Å². The molecule has 2 atom stereocenters. The lowest BCUT2D eigenvalue weighted by atomic mass is 9.81. The molecule has 0 aliphatic heterocycles. The number of alkyl halides is 1. The number of halogens is 1. The molecule has 1 N–H and O–H groups in total. The first-order chi connectivity index (χ1) is 12.9. The minimum atomic E-state index is -1.52. The summed E-state index contributed by atoms with van der Waals surface area (Å²) >= 11 is 0. The quantitative estimate of drug-likeness (QED) is 0.866. The first-order valence-corrected chi connectivity index (χ1v) is 9.71. The highest BCUT2D eigenvalue weighted by molar-refractivity contribution is 5.31. The number of rotatable bonds is 5. The number of nitrogens with zero attached hydrogens (tertiary/aromatic N) is 3. The number of aliphatic hydroxyl groups is 1. The van der Waals surface area contributed by atoms with E-state index in [9.17, 15) is 5.11 Å². The van der Waals surface area contributed by atoms with E-state index in [2.05, 4.69) is 27.1 Å². The highest BCUT2D eigenvalue weighted by atomic mass is 19.1. The Morgan fingerprint density at radius 3 is 2.67 bits per heavy atom. The average molecular weight is 371 g/mol. The van der Waals surface area contributed by atoms with Gasteiger partial charge in [0.25, 0.3) is 0 Å². The lowest BCUT2D eigenvalue weighted by Crippen LogP contribution is -2.30. The van der Waals surface area contributed by atoms with E-state index in [1.54, 1.807) is 13.1 Å². The molecule has 2 aromatic heterocycles. The van der Waals surface area contributed by atoms with Gasteiger partial charge in [0.2, 0.25) is 5.88 Å². The third-order valence-electron chi connectivity index (χ3n) is 5.78. The first-order valence-electron chi connectivity index (χ1n) is 9.71. The van der Waals surface area contributed by atoms with Crippen LogP contribution >= 0.6 is 0 Å². The van der Waals surface area contributed by atoms with Crippen LogP contribution in [0.5, 0.6) is 5.88 Å². The lowest BCUT2D eigenvalue weighted by molar-refractivity contribution is 0.0285. The molecule has 0 bridgehead atoms. The number of hydrogen-bond acceptors (Lipinski definition) is 5. The van der Waals surface area contributed by atoms with Crippen LogP contribution in [-0.2, 0) is 5.67 Å². The Kier molecular flexibility index (Phi) is 4.84. The van der Waals surface area contributed by atoms with E-state index in [4.69, 9.17) is 4.74 Å². The fourth-order valence-corrected chi connectivity index (χ4v) is 3.87. The fraction of sp³-hybridized carbons (Fsp3) is 0.571. The molecule has 0 saturated heterocycles. The molecule has 0 aromatic carbocycles. The molecule has 0 radical (unpaired) electrons. The second kappa shape index (κ2) is 7.15. The van der Waals surface area contributed by atoms with Crippen LogP contribution in [0.2, 0.25) is 0 Å². The van der Waals surface area contributed by atoms with Gasteiger partial charge in [-0.1, -0.05) is 6.07 Å². The van der Waals surface area contributed by atoms with Gasteiger partial charge in [0, 0.05) is 29.9 Å². The molecule has 2 aliphatic rings. The average Bonchev–Trinajstić information content (AvgIpc) is 3.43. The molecule has 0 amide bonds. The molecule has 144 valence electrons. The molecule has 2 aromatic rings. The van der Waals surface area contributed by atoms with E-state index in [-0.39, 0.29) is 12.8 Å². The molecular formula is C21H26FN3O2. The Morgan fingerprint density at radius 1 is 1.19 bits per heavy atom. The number of ether oxygens (including phenoxy) is 1. The third kappa shape index (κ3) is 3.95. The number of pyridine rings is 1. The maximum Gasteiger partial charge on any atom is 0.223 e. The third-order valence-corrected chi connectivity index (χ3v) is 5.78. The van der Waals surface area contributed by atoms with Crippen LogP contribution in [-0.4, -0.2) is 32.8 Å². The van der Waals surface area contributed by atoms with Crippen molar-refractivity contribution in [3.63, 3.8) is 0 Å². The smallest absolute Gasteiger partial charge is 0.223 e. The van der Waals surface area contributed by atoms with Crippen molar-refractivity contribution in [2.24, 2.45) is 5.92 Å². The molecule has 2 fully saturated rings. The van der Waals surface area contributed by atoms with Gasteiger partial charge in [-0.05, 0) is 57.6 Å². The second-order valence-corrected chi connectivity index (χ2v) is 8.01. The Hall–Kier alpha value is -2.08. The maximum atomic E-state index is 15.5.